The Morgan fingerprint density at radius 3 is 2.48 bits per heavy atom. The van der Waals surface area contributed by atoms with Gasteiger partial charge in [0.05, 0.1) is 5.56 Å². The molecular weight excluding hydrogens is 277 g/mol. The van der Waals surface area contributed by atoms with Crippen LogP contribution in [0.4, 0.5) is 18.9 Å². The molecule has 1 saturated carbocycles. The fourth-order valence-electron chi connectivity index (χ4n) is 2.80. The Hall–Kier alpha value is -1.23. The van der Waals surface area contributed by atoms with Crippen molar-refractivity contribution < 1.29 is 13.2 Å². The third-order valence-corrected chi connectivity index (χ3v) is 4.26. The van der Waals surface area contributed by atoms with E-state index in [1.807, 2.05) is 11.8 Å². The molecule has 2 rings (SSSR count). The monoisotopic (exact) mass is 300 g/mol. The minimum absolute atomic E-state index is 0.224. The number of hydrogen-bond donors (Lipinski definition) is 1. The molecule has 0 aromatic heterocycles. The zero-order valence-electron chi connectivity index (χ0n) is 12.4. The molecule has 1 fully saturated rings. The van der Waals surface area contributed by atoms with Gasteiger partial charge in [-0.1, -0.05) is 12.5 Å². The van der Waals surface area contributed by atoms with E-state index in [1.54, 1.807) is 12.1 Å². The summed E-state index contributed by atoms with van der Waals surface area (Å²) in [5, 5.41) is 0. The third kappa shape index (κ3) is 3.90. The summed E-state index contributed by atoms with van der Waals surface area (Å²) >= 11 is 0. The zero-order valence-corrected chi connectivity index (χ0v) is 12.4. The summed E-state index contributed by atoms with van der Waals surface area (Å²) < 4.78 is 39.6. The molecule has 1 aliphatic rings. The van der Waals surface area contributed by atoms with E-state index in [1.165, 1.54) is 25.3 Å². The first-order chi connectivity index (χ1) is 9.95. The van der Waals surface area contributed by atoms with Crippen molar-refractivity contribution in [3.8, 4) is 0 Å². The Balaban J connectivity index is 2.26. The second-order valence-corrected chi connectivity index (χ2v) is 5.71. The Kier molecular flexibility index (Phi) is 5.14. The van der Waals surface area contributed by atoms with Crippen molar-refractivity contribution in [2.24, 2.45) is 11.7 Å². The van der Waals surface area contributed by atoms with Gasteiger partial charge >= 0.3 is 6.18 Å². The Bertz CT molecular complexity index is 467. The molecule has 21 heavy (non-hydrogen) atoms. The van der Waals surface area contributed by atoms with Crippen molar-refractivity contribution in [1.82, 2.24) is 0 Å². The molecule has 0 spiro atoms. The summed E-state index contributed by atoms with van der Waals surface area (Å²) in [6.07, 6.45) is -0.451. The second kappa shape index (κ2) is 6.69. The molecule has 0 saturated heterocycles. The number of anilines is 1. The zero-order chi connectivity index (χ0) is 15.5. The van der Waals surface area contributed by atoms with Crippen LogP contribution >= 0.6 is 0 Å². The van der Waals surface area contributed by atoms with Crippen LogP contribution in [0.15, 0.2) is 18.2 Å². The van der Waals surface area contributed by atoms with Gasteiger partial charge in [-0.3, -0.25) is 0 Å². The maximum absolute atomic E-state index is 13.2. The maximum atomic E-state index is 13.2. The highest BCUT2D eigenvalue weighted by molar-refractivity contribution is 5.52. The minimum atomic E-state index is -4.32. The molecule has 1 aromatic carbocycles. The summed E-state index contributed by atoms with van der Waals surface area (Å²) in [6, 6.07) is 4.66. The van der Waals surface area contributed by atoms with Crippen molar-refractivity contribution >= 4 is 5.69 Å². The molecule has 5 heteroatoms. The maximum Gasteiger partial charge on any atom is 0.416 e. The predicted octanol–water partition coefficient (Wildman–Crippen LogP) is 3.83. The average molecular weight is 300 g/mol. The van der Waals surface area contributed by atoms with Crippen molar-refractivity contribution in [3.63, 3.8) is 0 Å². The lowest BCUT2D eigenvalue weighted by molar-refractivity contribution is -0.138. The molecule has 0 atom stereocenters. The highest BCUT2D eigenvalue weighted by Gasteiger charge is 2.33. The molecular formula is C16H23F3N2. The SMILES string of the molecule is CCN(CC1CCC1)c1ccc(CCN)c(C(F)(F)F)c1. The average Bonchev–Trinajstić information content (AvgIpc) is 2.38. The van der Waals surface area contributed by atoms with Gasteiger partial charge in [0.2, 0.25) is 0 Å². The fraction of sp³-hybridized carbons (Fsp3) is 0.625. The van der Waals surface area contributed by atoms with E-state index < -0.39 is 11.7 Å². The number of alkyl halides is 3. The molecule has 1 aliphatic carbocycles. The number of nitrogens with zero attached hydrogens (tertiary/aromatic N) is 1. The Labute approximate surface area is 124 Å². The normalized spacial score (nSPS) is 15.9. The molecule has 1 aromatic rings. The van der Waals surface area contributed by atoms with Gasteiger partial charge in [-0.25, -0.2) is 0 Å². The standard InChI is InChI=1S/C16H23F3N2/c1-2-21(11-12-4-3-5-12)14-7-6-13(8-9-20)15(10-14)16(17,18)19/h6-7,10,12H,2-5,8-9,11,20H2,1H3. The predicted molar refractivity (Wildman–Crippen MR) is 79.4 cm³/mol. The number of benzene rings is 1. The molecule has 0 radical (unpaired) electrons. The summed E-state index contributed by atoms with van der Waals surface area (Å²) in [7, 11) is 0. The van der Waals surface area contributed by atoms with Crippen LogP contribution in [0, 0.1) is 5.92 Å². The number of nitrogens with two attached hydrogens (primary N) is 1. The first-order valence-electron chi connectivity index (χ1n) is 7.60. The molecule has 0 unspecified atom stereocenters. The van der Waals surface area contributed by atoms with E-state index in [2.05, 4.69) is 0 Å². The lowest BCUT2D eigenvalue weighted by Crippen LogP contribution is -2.32. The third-order valence-electron chi connectivity index (χ3n) is 4.26. The Morgan fingerprint density at radius 2 is 2.00 bits per heavy atom. The van der Waals surface area contributed by atoms with E-state index in [9.17, 15) is 13.2 Å². The number of rotatable bonds is 6. The molecule has 0 bridgehead atoms. The first kappa shape index (κ1) is 16.1. The van der Waals surface area contributed by atoms with Crippen LogP contribution < -0.4 is 10.6 Å². The first-order valence-corrected chi connectivity index (χ1v) is 7.60. The van der Waals surface area contributed by atoms with Gasteiger partial charge in [0, 0.05) is 18.8 Å². The Morgan fingerprint density at radius 1 is 1.29 bits per heavy atom. The van der Waals surface area contributed by atoms with Gasteiger partial charge < -0.3 is 10.6 Å². The topological polar surface area (TPSA) is 29.3 Å². The van der Waals surface area contributed by atoms with Crippen LogP contribution in [-0.2, 0) is 12.6 Å². The molecule has 2 nitrogen and oxygen atoms in total. The highest BCUT2D eigenvalue weighted by atomic mass is 19.4. The van der Waals surface area contributed by atoms with Crippen LogP contribution in [0.3, 0.4) is 0 Å². The second-order valence-electron chi connectivity index (χ2n) is 5.71. The van der Waals surface area contributed by atoms with Gasteiger partial charge in [-0.05, 0) is 56.3 Å². The van der Waals surface area contributed by atoms with Crippen molar-refractivity contribution in [2.75, 3.05) is 24.5 Å². The summed E-state index contributed by atoms with van der Waals surface area (Å²) in [4.78, 5) is 2.05. The summed E-state index contributed by atoms with van der Waals surface area (Å²) in [6.45, 7) is 3.79. The van der Waals surface area contributed by atoms with Crippen LogP contribution in [-0.4, -0.2) is 19.6 Å². The number of hydrogen-bond acceptors (Lipinski definition) is 2. The summed E-state index contributed by atoms with van der Waals surface area (Å²) in [5.41, 5.74) is 5.82. The van der Waals surface area contributed by atoms with Crippen molar-refractivity contribution in [2.45, 2.75) is 38.8 Å². The van der Waals surface area contributed by atoms with Crippen LogP contribution in [0.25, 0.3) is 0 Å². The van der Waals surface area contributed by atoms with E-state index in [0.29, 0.717) is 11.6 Å². The van der Waals surface area contributed by atoms with Gasteiger partial charge in [0.25, 0.3) is 0 Å². The van der Waals surface area contributed by atoms with Gasteiger partial charge in [0.15, 0.2) is 0 Å². The fourth-order valence-corrected chi connectivity index (χ4v) is 2.80. The lowest BCUT2D eigenvalue weighted by Gasteiger charge is -2.33. The molecule has 0 amide bonds. The smallest absolute Gasteiger partial charge is 0.372 e. The highest BCUT2D eigenvalue weighted by Crippen LogP contribution is 2.36. The van der Waals surface area contributed by atoms with Crippen molar-refractivity contribution in [1.29, 1.82) is 0 Å². The van der Waals surface area contributed by atoms with Gasteiger partial charge in [0.1, 0.15) is 0 Å². The molecule has 0 heterocycles. The molecule has 2 N–H and O–H groups in total. The van der Waals surface area contributed by atoms with Gasteiger partial charge in [-0.2, -0.15) is 13.2 Å². The van der Waals surface area contributed by atoms with Gasteiger partial charge in [-0.15, -0.1) is 0 Å². The quantitative estimate of drug-likeness (QED) is 0.865. The van der Waals surface area contributed by atoms with E-state index in [0.717, 1.165) is 13.1 Å². The minimum Gasteiger partial charge on any atom is -0.372 e. The van der Waals surface area contributed by atoms with E-state index in [4.69, 9.17) is 5.73 Å². The largest absolute Gasteiger partial charge is 0.416 e. The number of halogens is 3. The van der Waals surface area contributed by atoms with E-state index >= 15 is 0 Å². The van der Waals surface area contributed by atoms with Crippen LogP contribution in [0.1, 0.15) is 37.3 Å². The van der Waals surface area contributed by atoms with Crippen LogP contribution in [0.2, 0.25) is 0 Å². The molecule has 118 valence electrons. The van der Waals surface area contributed by atoms with Crippen LogP contribution in [0.5, 0.6) is 0 Å². The molecule has 0 aliphatic heterocycles. The van der Waals surface area contributed by atoms with Crippen molar-refractivity contribution in [3.05, 3.63) is 29.3 Å². The lowest BCUT2D eigenvalue weighted by atomic mass is 9.85. The summed E-state index contributed by atoms with van der Waals surface area (Å²) in [5.74, 6) is 0.628. The van der Waals surface area contributed by atoms with E-state index in [-0.39, 0.29) is 18.5 Å².